The highest BCUT2D eigenvalue weighted by molar-refractivity contribution is 5.28. The highest BCUT2D eigenvalue weighted by Gasteiger charge is 2.32. The molecule has 2 aliphatic rings. The van der Waals surface area contributed by atoms with Crippen molar-refractivity contribution in [2.24, 2.45) is 0 Å². The molecule has 22 heavy (non-hydrogen) atoms. The largest absolute Gasteiger partial charge is 0.497 e. The summed E-state index contributed by atoms with van der Waals surface area (Å²) >= 11 is 0. The van der Waals surface area contributed by atoms with Crippen LogP contribution in [0.1, 0.15) is 24.5 Å². The predicted molar refractivity (Wildman–Crippen MR) is 85.2 cm³/mol. The third kappa shape index (κ3) is 4.20. The number of rotatable bonds is 7. The number of nitrogens with one attached hydrogen (secondary N) is 1. The summed E-state index contributed by atoms with van der Waals surface area (Å²) in [6, 6.07) is 8.34. The first kappa shape index (κ1) is 15.7. The fourth-order valence-corrected chi connectivity index (χ4v) is 2.96. The van der Waals surface area contributed by atoms with Gasteiger partial charge in [0.05, 0.1) is 25.9 Å². The molecule has 5 nitrogen and oxygen atoms in total. The van der Waals surface area contributed by atoms with Crippen LogP contribution in [0, 0.1) is 0 Å². The molecule has 2 atom stereocenters. The molecule has 0 aromatic heterocycles. The lowest BCUT2D eigenvalue weighted by atomic mass is 10.1. The molecule has 1 saturated carbocycles. The van der Waals surface area contributed by atoms with Crippen molar-refractivity contribution in [3.63, 3.8) is 0 Å². The summed E-state index contributed by atoms with van der Waals surface area (Å²) in [7, 11) is 1.64. The van der Waals surface area contributed by atoms with Gasteiger partial charge in [-0.3, -0.25) is 4.90 Å². The minimum atomic E-state index is -0.506. The topological polar surface area (TPSA) is 54.0 Å². The smallest absolute Gasteiger partial charge is 0.118 e. The molecule has 0 spiro atoms. The van der Waals surface area contributed by atoms with Crippen molar-refractivity contribution >= 4 is 0 Å². The van der Waals surface area contributed by atoms with Gasteiger partial charge < -0.3 is 19.9 Å². The first-order valence-corrected chi connectivity index (χ1v) is 8.14. The van der Waals surface area contributed by atoms with Gasteiger partial charge in [-0.2, -0.15) is 0 Å². The van der Waals surface area contributed by atoms with Crippen LogP contribution in [0.3, 0.4) is 0 Å². The van der Waals surface area contributed by atoms with E-state index >= 15 is 0 Å². The molecule has 122 valence electrons. The van der Waals surface area contributed by atoms with Gasteiger partial charge in [0.2, 0.25) is 0 Å². The summed E-state index contributed by atoms with van der Waals surface area (Å²) in [5.74, 6) is 0.805. The van der Waals surface area contributed by atoms with Gasteiger partial charge in [0, 0.05) is 32.2 Å². The Balaban J connectivity index is 1.39. The van der Waals surface area contributed by atoms with Crippen LogP contribution in [0.2, 0.25) is 0 Å². The fourth-order valence-electron chi connectivity index (χ4n) is 2.96. The third-order valence-electron chi connectivity index (χ3n) is 4.44. The van der Waals surface area contributed by atoms with Crippen molar-refractivity contribution in [3.05, 3.63) is 29.8 Å². The number of ether oxygens (including phenoxy) is 2. The number of hydrogen-bond donors (Lipinski definition) is 2. The van der Waals surface area contributed by atoms with Gasteiger partial charge in [0.25, 0.3) is 0 Å². The number of nitrogens with zero attached hydrogens (tertiary/aromatic N) is 1. The van der Waals surface area contributed by atoms with Crippen molar-refractivity contribution < 1.29 is 14.6 Å². The minimum Gasteiger partial charge on any atom is -0.497 e. The van der Waals surface area contributed by atoms with E-state index in [0.717, 1.165) is 43.6 Å². The van der Waals surface area contributed by atoms with E-state index in [2.05, 4.69) is 10.2 Å². The molecule has 1 aromatic rings. The molecule has 0 unspecified atom stereocenters. The lowest BCUT2D eigenvalue weighted by Gasteiger charge is -2.33. The summed E-state index contributed by atoms with van der Waals surface area (Å²) < 4.78 is 10.9. The van der Waals surface area contributed by atoms with E-state index in [1.165, 1.54) is 12.8 Å². The second-order valence-electron chi connectivity index (χ2n) is 6.17. The van der Waals surface area contributed by atoms with Crippen LogP contribution in [0.5, 0.6) is 5.75 Å². The van der Waals surface area contributed by atoms with Crippen LogP contribution in [0.4, 0.5) is 0 Å². The molecule has 0 amide bonds. The second kappa shape index (κ2) is 7.42. The van der Waals surface area contributed by atoms with Gasteiger partial charge in [-0.05, 0) is 30.5 Å². The van der Waals surface area contributed by atoms with Crippen LogP contribution >= 0.6 is 0 Å². The maximum Gasteiger partial charge on any atom is 0.118 e. The predicted octanol–water partition coefficient (Wildman–Crippen LogP) is 1.18. The number of aliphatic hydroxyl groups is 1. The Bertz CT molecular complexity index is 461. The molecule has 2 N–H and O–H groups in total. The fraction of sp³-hybridized carbons (Fsp3) is 0.647. The number of hydrogen-bond acceptors (Lipinski definition) is 5. The molecule has 1 aromatic carbocycles. The van der Waals surface area contributed by atoms with Crippen molar-refractivity contribution in [1.82, 2.24) is 10.2 Å². The highest BCUT2D eigenvalue weighted by Crippen LogP contribution is 2.28. The van der Waals surface area contributed by atoms with Crippen LogP contribution < -0.4 is 10.1 Å². The van der Waals surface area contributed by atoms with Gasteiger partial charge in [-0.1, -0.05) is 12.1 Å². The van der Waals surface area contributed by atoms with Crippen molar-refractivity contribution in [1.29, 1.82) is 0 Å². The summed E-state index contributed by atoms with van der Waals surface area (Å²) in [6.45, 7) is 4.22. The molecule has 0 bridgehead atoms. The maximum absolute atomic E-state index is 10.2. The number of aliphatic hydroxyl groups excluding tert-OH is 1. The first-order chi connectivity index (χ1) is 10.8. The third-order valence-corrected chi connectivity index (χ3v) is 4.44. The molecule has 1 aliphatic carbocycles. The van der Waals surface area contributed by atoms with Gasteiger partial charge in [-0.25, -0.2) is 0 Å². The Morgan fingerprint density at radius 1 is 1.36 bits per heavy atom. The van der Waals surface area contributed by atoms with E-state index in [1.54, 1.807) is 7.11 Å². The van der Waals surface area contributed by atoms with Crippen molar-refractivity contribution in [3.8, 4) is 5.75 Å². The number of morpholine rings is 1. The first-order valence-electron chi connectivity index (χ1n) is 8.14. The Kier molecular flexibility index (Phi) is 5.31. The Labute approximate surface area is 132 Å². The average Bonchev–Trinajstić information content (AvgIpc) is 3.40. The van der Waals surface area contributed by atoms with E-state index in [0.29, 0.717) is 6.54 Å². The molecular weight excluding hydrogens is 280 g/mol. The van der Waals surface area contributed by atoms with Crippen molar-refractivity contribution in [2.75, 3.05) is 39.9 Å². The van der Waals surface area contributed by atoms with Gasteiger partial charge >= 0.3 is 0 Å². The Morgan fingerprint density at radius 2 is 2.14 bits per heavy atom. The van der Waals surface area contributed by atoms with Gasteiger partial charge in [0.1, 0.15) is 5.75 Å². The zero-order chi connectivity index (χ0) is 15.4. The highest BCUT2D eigenvalue weighted by atomic mass is 16.5. The molecule has 2 fully saturated rings. The van der Waals surface area contributed by atoms with E-state index in [4.69, 9.17) is 9.47 Å². The zero-order valence-corrected chi connectivity index (χ0v) is 13.2. The molecule has 3 rings (SSSR count). The lowest BCUT2D eigenvalue weighted by molar-refractivity contribution is -0.0309. The summed E-state index contributed by atoms with van der Waals surface area (Å²) in [5, 5.41) is 13.5. The molecule has 5 heteroatoms. The summed E-state index contributed by atoms with van der Waals surface area (Å²) in [4.78, 5) is 2.54. The van der Waals surface area contributed by atoms with E-state index in [-0.39, 0.29) is 6.10 Å². The Hall–Kier alpha value is -1.14. The van der Waals surface area contributed by atoms with Gasteiger partial charge in [0.15, 0.2) is 0 Å². The monoisotopic (exact) mass is 306 g/mol. The number of benzene rings is 1. The van der Waals surface area contributed by atoms with Crippen LogP contribution in [-0.4, -0.2) is 62.0 Å². The van der Waals surface area contributed by atoms with Crippen LogP contribution in [-0.2, 0) is 4.74 Å². The average molecular weight is 306 g/mol. The van der Waals surface area contributed by atoms with Crippen LogP contribution in [0.25, 0.3) is 0 Å². The summed E-state index contributed by atoms with van der Waals surface area (Å²) in [6.07, 6.45) is 2.42. The quantitative estimate of drug-likeness (QED) is 0.792. The Morgan fingerprint density at radius 3 is 2.82 bits per heavy atom. The molecule has 1 saturated heterocycles. The maximum atomic E-state index is 10.2. The van der Waals surface area contributed by atoms with E-state index < -0.39 is 6.10 Å². The van der Waals surface area contributed by atoms with Gasteiger partial charge in [-0.15, -0.1) is 0 Å². The van der Waals surface area contributed by atoms with Crippen molar-refractivity contribution in [2.45, 2.75) is 31.1 Å². The normalized spacial score (nSPS) is 24.2. The molecule has 1 aliphatic heterocycles. The van der Waals surface area contributed by atoms with Crippen LogP contribution in [0.15, 0.2) is 24.3 Å². The SMILES string of the molecule is COc1ccc([C@@H](O)CNC[C@@H]2CN(C3CC3)CCO2)cc1. The second-order valence-corrected chi connectivity index (χ2v) is 6.17. The van der Waals surface area contributed by atoms with E-state index in [1.807, 2.05) is 24.3 Å². The molecule has 0 radical (unpaired) electrons. The minimum absolute atomic E-state index is 0.234. The molecule has 1 heterocycles. The standard InChI is InChI=1S/C17H26N2O3/c1-21-15-6-2-13(3-7-15)17(20)11-18-10-16-12-19(8-9-22-16)14-4-5-14/h2-3,6-7,14,16-18,20H,4-5,8-12H2,1H3/t16-,17+/m1/s1. The van der Waals surface area contributed by atoms with E-state index in [9.17, 15) is 5.11 Å². The summed E-state index contributed by atoms with van der Waals surface area (Å²) in [5.41, 5.74) is 0.900. The zero-order valence-electron chi connectivity index (χ0n) is 13.2. The lowest BCUT2D eigenvalue weighted by Crippen LogP contribution is -2.47. The number of methoxy groups -OCH3 is 1. The molecular formula is C17H26N2O3.